The number of aliphatic hydroxyl groups is 1. The molecule has 1 heterocycles. The van der Waals surface area contributed by atoms with Gasteiger partial charge in [-0.25, -0.2) is 0 Å². The van der Waals surface area contributed by atoms with Gasteiger partial charge >= 0.3 is 0 Å². The Morgan fingerprint density at radius 2 is 1.80 bits per heavy atom. The van der Waals surface area contributed by atoms with Gasteiger partial charge in [-0.3, -0.25) is 4.90 Å². The van der Waals surface area contributed by atoms with Crippen LogP contribution in [0.2, 0.25) is 0 Å². The molecule has 2 heteroatoms. The van der Waals surface area contributed by atoms with Gasteiger partial charge < -0.3 is 5.11 Å². The summed E-state index contributed by atoms with van der Waals surface area (Å²) < 4.78 is 0. The Morgan fingerprint density at radius 1 is 1.13 bits per heavy atom. The molecule has 1 aliphatic carbocycles. The van der Waals surface area contributed by atoms with E-state index in [1.54, 1.807) is 0 Å². The van der Waals surface area contributed by atoms with E-state index >= 15 is 0 Å². The summed E-state index contributed by atoms with van der Waals surface area (Å²) >= 11 is 0. The molecule has 15 heavy (non-hydrogen) atoms. The topological polar surface area (TPSA) is 23.5 Å². The van der Waals surface area contributed by atoms with Crippen LogP contribution in [0.15, 0.2) is 24.3 Å². The van der Waals surface area contributed by atoms with Crippen LogP contribution in [0.5, 0.6) is 0 Å². The Balaban J connectivity index is 1.73. The van der Waals surface area contributed by atoms with Crippen molar-refractivity contribution in [1.82, 2.24) is 4.90 Å². The van der Waals surface area contributed by atoms with Crippen molar-refractivity contribution in [3.05, 3.63) is 35.4 Å². The Bertz CT molecular complexity index is 338. The lowest BCUT2D eigenvalue weighted by molar-refractivity contribution is 0.160. The fourth-order valence-corrected chi connectivity index (χ4v) is 2.89. The van der Waals surface area contributed by atoms with Crippen molar-refractivity contribution in [2.75, 3.05) is 13.1 Å². The standard InChI is InChI=1S/C13H17NO/c15-13-5-6-14(9-13)12-7-10-3-1-2-4-11(10)8-12/h1-4,12-13,15H,5-9H2. The first-order chi connectivity index (χ1) is 7.33. The minimum Gasteiger partial charge on any atom is -0.392 e. The maximum absolute atomic E-state index is 9.54. The molecule has 1 aromatic carbocycles. The molecule has 3 rings (SSSR count). The molecule has 80 valence electrons. The molecule has 2 nitrogen and oxygen atoms in total. The van der Waals surface area contributed by atoms with Crippen LogP contribution in [0.3, 0.4) is 0 Å². The zero-order valence-corrected chi connectivity index (χ0v) is 8.89. The Labute approximate surface area is 90.5 Å². The molecule has 2 aliphatic rings. The third-order valence-corrected chi connectivity index (χ3v) is 3.74. The molecule has 0 amide bonds. The molecule has 1 fully saturated rings. The molecule has 1 atom stereocenters. The van der Waals surface area contributed by atoms with E-state index in [0.29, 0.717) is 6.04 Å². The van der Waals surface area contributed by atoms with E-state index in [0.717, 1.165) is 19.5 Å². The summed E-state index contributed by atoms with van der Waals surface area (Å²) in [5.41, 5.74) is 3.01. The molecule has 1 unspecified atom stereocenters. The van der Waals surface area contributed by atoms with E-state index in [1.165, 1.54) is 24.0 Å². The molecule has 0 spiro atoms. The van der Waals surface area contributed by atoms with Crippen molar-refractivity contribution in [3.63, 3.8) is 0 Å². The number of likely N-dealkylation sites (tertiary alicyclic amines) is 1. The first kappa shape index (κ1) is 9.37. The second kappa shape index (κ2) is 3.62. The van der Waals surface area contributed by atoms with Crippen molar-refractivity contribution in [2.24, 2.45) is 0 Å². The van der Waals surface area contributed by atoms with E-state index in [9.17, 15) is 5.11 Å². The van der Waals surface area contributed by atoms with Gasteiger partial charge in [-0.05, 0) is 30.4 Å². The van der Waals surface area contributed by atoms with Crippen molar-refractivity contribution in [3.8, 4) is 0 Å². The van der Waals surface area contributed by atoms with Gasteiger partial charge in [0.2, 0.25) is 0 Å². The minimum absolute atomic E-state index is 0.0892. The summed E-state index contributed by atoms with van der Waals surface area (Å²) in [7, 11) is 0. The molecular formula is C13H17NO. The molecule has 0 saturated carbocycles. The fourth-order valence-electron chi connectivity index (χ4n) is 2.89. The van der Waals surface area contributed by atoms with Crippen molar-refractivity contribution < 1.29 is 5.11 Å². The molecule has 0 bridgehead atoms. The lowest BCUT2D eigenvalue weighted by Crippen LogP contribution is -2.34. The highest BCUT2D eigenvalue weighted by Gasteiger charge is 2.31. The summed E-state index contributed by atoms with van der Waals surface area (Å²) in [4.78, 5) is 2.45. The Hall–Kier alpha value is -0.860. The number of fused-ring (bicyclic) bond motifs is 1. The lowest BCUT2D eigenvalue weighted by atomic mass is 10.1. The third-order valence-electron chi connectivity index (χ3n) is 3.74. The quantitative estimate of drug-likeness (QED) is 0.742. The van der Waals surface area contributed by atoms with Crippen LogP contribution in [0.25, 0.3) is 0 Å². The van der Waals surface area contributed by atoms with Gasteiger partial charge in [-0.1, -0.05) is 24.3 Å². The number of β-amino-alcohol motifs (C(OH)–C–C–N with tert-alkyl or cyclic N) is 1. The summed E-state index contributed by atoms with van der Waals surface area (Å²) in [5, 5.41) is 9.54. The molecule has 1 saturated heterocycles. The average molecular weight is 203 g/mol. The highest BCUT2D eigenvalue weighted by molar-refractivity contribution is 5.33. The summed E-state index contributed by atoms with van der Waals surface area (Å²) in [5.74, 6) is 0. The maximum atomic E-state index is 9.54. The van der Waals surface area contributed by atoms with Gasteiger partial charge in [0.15, 0.2) is 0 Å². The number of aliphatic hydroxyl groups excluding tert-OH is 1. The largest absolute Gasteiger partial charge is 0.392 e. The van der Waals surface area contributed by atoms with Crippen molar-refractivity contribution in [2.45, 2.75) is 31.4 Å². The monoisotopic (exact) mass is 203 g/mol. The number of benzene rings is 1. The van der Waals surface area contributed by atoms with Crippen LogP contribution in [-0.2, 0) is 12.8 Å². The molecule has 1 N–H and O–H groups in total. The van der Waals surface area contributed by atoms with Gasteiger partial charge in [0.05, 0.1) is 6.10 Å². The van der Waals surface area contributed by atoms with Crippen LogP contribution in [0, 0.1) is 0 Å². The first-order valence-corrected chi connectivity index (χ1v) is 5.82. The van der Waals surface area contributed by atoms with Crippen LogP contribution in [0.4, 0.5) is 0 Å². The van der Waals surface area contributed by atoms with E-state index < -0.39 is 0 Å². The normalized spacial score (nSPS) is 27.1. The van der Waals surface area contributed by atoms with Crippen LogP contribution in [-0.4, -0.2) is 35.2 Å². The molecule has 1 aromatic rings. The molecule has 0 radical (unpaired) electrons. The third kappa shape index (κ3) is 1.68. The average Bonchev–Trinajstić information content (AvgIpc) is 2.82. The Morgan fingerprint density at radius 3 is 2.33 bits per heavy atom. The number of nitrogens with zero attached hydrogens (tertiary/aromatic N) is 1. The van der Waals surface area contributed by atoms with E-state index in [2.05, 4.69) is 29.2 Å². The zero-order valence-electron chi connectivity index (χ0n) is 8.89. The Kier molecular flexibility index (Phi) is 2.26. The second-order valence-electron chi connectivity index (χ2n) is 4.77. The van der Waals surface area contributed by atoms with Gasteiger partial charge in [0.25, 0.3) is 0 Å². The summed E-state index contributed by atoms with van der Waals surface area (Å²) in [6.45, 7) is 1.94. The van der Waals surface area contributed by atoms with E-state index in [4.69, 9.17) is 0 Å². The highest BCUT2D eigenvalue weighted by Crippen LogP contribution is 2.27. The van der Waals surface area contributed by atoms with E-state index in [-0.39, 0.29) is 6.10 Å². The van der Waals surface area contributed by atoms with Crippen LogP contribution in [0.1, 0.15) is 17.5 Å². The predicted molar refractivity (Wildman–Crippen MR) is 59.8 cm³/mol. The summed E-state index contributed by atoms with van der Waals surface area (Å²) in [6, 6.07) is 9.36. The maximum Gasteiger partial charge on any atom is 0.0679 e. The lowest BCUT2D eigenvalue weighted by Gasteiger charge is -2.22. The SMILES string of the molecule is OC1CCN(C2Cc3ccccc3C2)C1. The zero-order chi connectivity index (χ0) is 10.3. The number of hydrogen-bond donors (Lipinski definition) is 1. The first-order valence-electron chi connectivity index (χ1n) is 5.82. The highest BCUT2D eigenvalue weighted by atomic mass is 16.3. The second-order valence-corrected chi connectivity index (χ2v) is 4.77. The molecule has 0 aromatic heterocycles. The predicted octanol–water partition coefficient (Wildman–Crippen LogP) is 1.22. The van der Waals surface area contributed by atoms with Crippen LogP contribution < -0.4 is 0 Å². The van der Waals surface area contributed by atoms with Gasteiger partial charge in [0, 0.05) is 19.1 Å². The van der Waals surface area contributed by atoms with Crippen LogP contribution >= 0.6 is 0 Å². The molecular weight excluding hydrogens is 186 g/mol. The van der Waals surface area contributed by atoms with Crippen molar-refractivity contribution in [1.29, 1.82) is 0 Å². The van der Waals surface area contributed by atoms with E-state index in [1.807, 2.05) is 0 Å². The smallest absolute Gasteiger partial charge is 0.0679 e. The number of hydrogen-bond acceptors (Lipinski definition) is 2. The van der Waals surface area contributed by atoms with Gasteiger partial charge in [-0.2, -0.15) is 0 Å². The van der Waals surface area contributed by atoms with Gasteiger partial charge in [0.1, 0.15) is 0 Å². The summed E-state index contributed by atoms with van der Waals surface area (Å²) in [6.07, 6.45) is 3.20. The van der Waals surface area contributed by atoms with Gasteiger partial charge in [-0.15, -0.1) is 0 Å². The van der Waals surface area contributed by atoms with Crippen molar-refractivity contribution >= 4 is 0 Å². The minimum atomic E-state index is -0.0892. The molecule has 1 aliphatic heterocycles. The number of rotatable bonds is 1. The fraction of sp³-hybridized carbons (Fsp3) is 0.538.